The van der Waals surface area contributed by atoms with E-state index in [2.05, 4.69) is 57.8 Å². The second-order valence-corrected chi connectivity index (χ2v) is 10.5. The summed E-state index contributed by atoms with van der Waals surface area (Å²) in [7, 11) is 1.84. The summed E-state index contributed by atoms with van der Waals surface area (Å²) in [6.07, 6.45) is 5.31. The highest BCUT2D eigenvalue weighted by molar-refractivity contribution is 6.30. The summed E-state index contributed by atoms with van der Waals surface area (Å²) in [6.45, 7) is 10.9. The largest absolute Gasteiger partial charge is 0.383 e. The van der Waals surface area contributed by atoms with Gasteiger partial charge in [0.2, 0.25) is 0 Å². The third-order valence-corrected chi connectivity index (χ3v) is 7.35. The van der Waals surface area contributed by atoms with Gasteiger partial charge in [0.05, 0.1) is 6.61 Å². The molecule has 0 spiro atoms. The summed E-state index contributed by atoms with van der Waals surface area (Å²) in [4.78, 5) is 12.5. The van der Waals surface area contributed by atoms with Crippen molar-refractivity contribution in [1.82, 2.24) is 14.8 Å². The van der Waals surface area contributed by atoms with Gasteiger partial charge in [-0.3, -0.25) is 9.80 Å². The van der Waals surface area contributed by atoms with Gasteiger partial charge in [-0.05, 0) is 55.0 Å². The van der Waals surface area contributed by atoms with Crippen LogP contribution in [0.2, 0.25) is 5.02 Å². The second kappa shape index (κ2) is 11.7. The highest BCUT2D eigenvalue weighted by Gasteiger charge is 2.38. The van der Waals surface area contributed by atoms with E-state index in [0.717, 1.165) is 56.6 Å². The molecular weight excluding hydrogens is 432 g/mol. The molecule has 180 valence electrons. The molecule has 0 radical (unpaired) electrons. The normalized spacial score (nSPS) is 23.4. The first-order valence-electron chi connectivity index (χ1n) is 12.4. The molecular formula is C27H39ClN4O. The topological polar surface area (TPSA) is 31.8 Å². The molecule has 5 nitrogen and oxygen atoms in total. The molecule has 2 aromatic rings. The van der Waals surface area contributed by atoms with Crippen molar-refractivity contribution in [3.63, 3.8) is 0 Å². The molecule has 0 unspecified atom stereocenters. The third-order valence-electron chi connectivity index (χ3n) is 7.10. The van der Waals surface area contributed by atoms with Crippen molar-refractivity contribution in [3.8, 4) is 0 Å². The molecule has 2 aliphatic heterocycles. The highest BCUT2D eigenvalue weighted by atomic mass is 35.5. The standard InChI is InChI=1S/C27H39ClN4O/c1-21(2)17-31-18-25(16-22-7-9-23(28)10-8-22)32(19-26(31)20-33-3)24-11-14-30(15-12-24)27-6-4-5-13-29-27/h4-10,13,21,24-26H,11-12,14-20H2,1-3H3/t25-,26+/m0/s1. The lowest BCUT2D eigenvalue weighted by Crippen LogP contribution is -2.64. The molecule has 3 heterocycles. The van der Waals surface area contributed by atoms with E-state index in [1.807, 2.05) is 31.5 Å². The molecule has 0 N–H and O–H groups in total. The fourth-order valence-electron chi connectivity index (χ4n) is 5.56. The third kappa shape index (κ3) is 6.48. The van der Waals surface area contributed by atoms with Crippen molar-refractivity contribution in [2.45, 2.75) is 51.2 Å². The first kappa shape index (κ1) is 24.5. The Hall–Kier alpha value is -1.66. The maximum Gasteiger partial charge on any atom is 0.128 e. The quantitative estimate of drug-likeness (QED) is 0.562. The first-order chi connectivity index (χ1) is 16.0. The van der Waals surface area contributed by atoms with Crippen LogP contribution < -0.4 is 4.90 Å². The van der Waals surface area contributed by atoms with Gasteiger partial charge < -0.3 is 9.64 Å². The SMILES string of the molecule is COC[C@H]1CN(C2CCN(c3ccccn3)CC2)[C@@H](Cc2ccc(Cl)cc2)CN1CC(C)C. The zero-order valence-electron chi connectivity index (χ0n) is 20.4. The smallest absolute Gasteiger partial charge is 0.128 e. The molecule has 0 bridgehead atoms. The average molecular weight is 471 g/mol. The Kier molecular flexibility index (Phi) is 8.64. The maximum atomic E-state index is 6.16. The fourth-order valence-corrected chi connectivity index (χ4v) is 5.69. The van der Waals surface area contributed by atoms with Crippen LogP contribution in [0.3, 0.4) is 0 Å². The van der Waals surface area contributed by atoms with Crippen molar-refractivity contribution in [2.75, 3.05) is 51.3 Å². The van der Waals surface area contributed by atoms with Crippen LogP contribution in [0.4, 0.5) is 5.82 Å². The van der Waals surface area contributed by atoms with E-state index in [0.29, 0.717) is 24.0 Å². The van der Waals surface area contributed by atoms with E-state index in [4.69, 9.17) is 16.3 Å². The van der Waals surface area contributed by atoms with E-state index < -0.39 is 0 Å². The summed E-state index contributed by atoms with van der Waals surface area (Å²) < 4.78 is 5.67. The van der Waals surface area contributed by atoms with Gasteiger partial charge in [-0.25, -0.2) is 4.98 Å². The minimum Gasteiger partial charge on any atom is -0.383 e. The second-order valence-electron chi connectivity index (χ2n) is 10.0. The number of piperidine rings is 1. The molecule has 33 heavy (non-hydrogen) atoms. The number of halogens is 1. The number of piperazine rings is 1. The van der Waals surface area contributed by atoms with Crippen LogP contribution in [0.5, 0.6) is 0 Å². The highest BCUT2D eigenvalue weighted by Crippen LogP contribution is 2.28. The predicted octanol–water partition coefficient (Wildman–Crippen LogP) is 4.60. The minimum absolute atomic E-state index is 0.452. The average Bonchev–Trinajstić information content (AvgIpc) is 2.82. The number of hydrogen-bond donors (Lipinski definition) is 0. The van der Waals surface area contributed by atoms with E-state index in [9.17, 15) is 0 Å². The van der Waals surface area contributed by atoms with Gasteiger partial charge in [0.1, 0.15) is 5.82 Å². The molecule has 0 saturated carbocycles. The van der Waals surface area contributed by atoms with Crippen LogP contribution in [-0.2, 0) is 11.2 Å². The maximum absolute atomic E-state index is 6.16. The van der Waals surface area contributed by atoms with Crippen LogP contribution in [-0.4, -0.2) is 79.3 Å². The minimum atomic E-state index is 0.452. The van der Waals surface area contributed by atoms with Crippen LogP contribution in [0, 0.1) is 5.92 Å². The lowest BCUT2D eigenvalue weighted by Gasteiger charge is -2.51. The number of rotatable bonds is 8. The van der Waals surface area contributed by atoms with Gasteiger partial charge >= 0.3 is 0 Å². The summed E-state index contributed by atoms with van der Waals surface area (Å²) in [5.41, 5.74) is 1.37. The monoisotopic (exact) mass is 470 g/mol. The van der Waals surface area contributed by atoms with Gasteiger partial charge in [0, 0.05) is 69.2 Å². The van der Waals surface area contributed by atoms with Crippen LogP contribution >= 0.6 is 11.6 Å². The molecule has 0 aliphatic carbocycles. The number of anilines is 1. The predicted molar refractivity (Wildman–Crippen MR) is 137 cm³/mol. The summed E-state index contributed by atoms with van der Waals surface area (Å²) in [6, 6.07) is 16.2. The Bertz CT molecular complexity index is 839. The van der Waals surface area contributed by atoms with Crippen LogP contribution in [0.15, 0.2) is 48.7 Å². The van der Waals surface area contributed by atoms with Gasteiger partial charge in [-0.1, -0.05) is 43.6 Å². The molecule has 6 heteroatoms. The number of methoxy groups -OCH3 is 1. The molecule has 2 saturated heterocycles. The van der Waals surface area contributed by atoms with Crippen LogP contribution in [0.25, 0.3) is 0 Å². The summed E-state index contributed by atoms with van der Waals surface area (Å²) in [5, 5.41) is 0.808. The summed E-state index contributed by atoms with van der Waals surface area (Å²) >= 11 is 6.16. The van der Waals surface area contributed by atoms with Gasteiger partial charge in [0.15, 0.2) is 0 Å². The van der Waals surface area contributed by atoms with E-state index >= 15 is 0 Å². The first-order valence-corrected chi connectivity index (χ1v) is 12.8. The number of ether oxygens (including phenoxy) is 1. The van der Waals surface area contributed by atoms with Crippen LogP contribution in [0.1, 0.15) is 32.3 Å². The lowest BCUT2D eigenvalue weighted by atomic mass is 9.93. The lowest BCUT2D eigenvalue weighted by molar-refractivity contribution is -0.0335. The van der Waals surface area contributed by atoms with E-state index in [-0.39, 0.29) is 0 Å². The van der Waals surface area contributed by atoms with Gasteiger partial charge in [0.25, 0.3) is 0 Å². The number of nitrogens with zero attached hydrogens (tertiary/aromatic N) is 4. The Morgan fingerprint density at radius 3 is 2.42 bits per heavy atom. The fraction of sp³-hybridized carbons (Fsp3) is 0.593. The number of pyridine rings is 1. The van der Waals surface area contributed by atoms with Crippen molar-refractivity contribution < 1.29 is 4.74 Å². The molecule has 2 aliphatic rings. The van der Waals surface area contributed by atoms with Crippen molar-refractivity contribution >= 4 is 17.4 Å². The Labute approximate surface area is 204 Å². The van der Waals surface area contributed by atoms with E-state index in [1.54, 1.807) is 0 Å². The van der Waals surface area contributed by atoms with Crippen molar-refractivity contribution in [1.29, 1.82) is 0 Å². The summed E-state index contributed by atoms with van der Waals surface area (Å²) in [5.74, 6) is 1.75. The van der Waals surface area contributed by atoms with Crippen molar-refractivity contribution in [3.05, 3.63) is 59.2 Å². The van der Waals surface area contributed by atoms with E-state index in [1.165, 1.54) is 18.4 Å². The molecule has 0 amide bonds. The zero-order valence-corrected chi connectivity index (χ0v) is 21.1. The molecule has 1 aromatic heterocycles. The zero-order chi connectivity index (χ0) is 23.2. The molecule has 4 rings (SSSR count). The number of aromatic nitrogens is 1. The molecule has 2 fully saturated rings. The van der Waals surface area contributed by atoms with Gasteiger partial charge in [-0.15, -0.1) is 0 Å². The van der Waals surface area contributed by atoms with Gasteiger partial charge in [-0.2, -0.15) is 0 Å². The Balaban J connectivity index is 1.50. The number of benzene rings is 1. The Morgan fingerprint density at radius 1 is 1.03 bits per heavy atom. The van der Waals surface area contributed by atoms with Crippen molar-refractivity contribution in [2.24, 2.45) is 5.92 Å². The Morgan fingerprint density at radius 2 is 1.79 bits per heavy atom. The molecule has 1 aromatic carbocycles. The molecule has 2 atom stereocenters. The number of hydrogen-bond acceptors (Lipinski definition) is 5.